The van der Waals surface area contributed by atoms with Crippen molar-refractivity contribution in [3.8, 4) is 11.9 Å². The summed E-state index contributed by atoms with van der Waals surface area (Å²) in [7, 11) is 2.94. The van der Waals surface area contributed by atoms with Crippen LogP contribution >= 0.6 is 0 Å². The van der Waals surface area contributed by atoms with Crippen molar-refractivity contribution < 1.29 is 18.7 Å². The molecule has 0 spiro atoms. The fourth-order valence-corrected chi connectivity index (χ4v) is 1.79. The van der Waals surface area contributed by atoms with Crippen LogP contribution in [0.4, 0.5) is 20.7 Å². The number of anilines is 2. The van der Waals surface area contributed by atoms with Gasteiger partial charge in [0.2, 0.25) is 5.88 Å². The number of halogens is 1. The van der Waals surface area contributed by atoms with Crippen LogP contribution in [0.3, 0.4) is 0 Å². The van der Waals surface area contributed by atoms with Crippen molar-refractivity contribution in [3.63, 3.8) is 0 Å². The van der Waals surface area contributed by atoms with Crippen LogP contribution in [0.5, 0.6) is 11.9 Å². The Morgan fingerprint density at radius 1 is 1.17 bits per heavy atom. The van der Waals surface area contributed by atoms with E-state index in [1.54, 1.807) is 18.2 Å². The standard InChI is InChI=1S/C15H18FN5O3/c1-23-13-9-12(20-15(21-13)24-2)17-7-8-18-14(22)19-11-6-4-3-5-10(11)16/h3-6,9H,7-8H2,1-2H3,(H,17,20,21)(H2,18,19,22). The third kappa shape index (κ3) is 4.97. The number of benzene rings is 1. The molecular weight excluding hydrogens is 317 g/mol. The summed E-state index contributed by atoms with van der Waals surface area (Å²) in [5, 5.41) is 8.02. The van der Waals surface area contributed by atoms with Crippen LogP contribution in [-0.2, 0) is 0 Å². The van der Waals surface area contributed by atoms with E-state index in [1.807, 2.05) is 0 Å². The lowest BCUT2D eigenvalue weighted by molar-refractivity contribution is 0.252. The first-order chi connectivity index (χ1) is 11.6. The van der Waals surface area contributed by atoms with E-state index in [1.165, 1.54) is 26.4 Å². The van der Waals surface area contributed by atoms with Crippen molar-refractivity contribution in [2.24, 2.45) is 0 Å². The van der Waals surface area contributed by atoms with E-state index in [-0.39, 0.29) is 11.7 Å². The maximum Gasteiger partial charge on any atom is 0.321 e. The lowest BCUT2D eigenvalue weighted by atomic mass is 10.3. The lowest BCUT2D eigenvalue weighted by Crippen LogP contribution is -2.33. The SMILES string of the molecule is COc1cc(NCCNC(=O)Nc2ccccc2F)nc(OC)n1. The molecule has 2 amide bonds. The van der Waals surface area contributed by atoms with Crippen LogP contribution in [-0.4, -0.2) is 43.3 Å². The number of carbonyl (C=O) groups is 1. The molecule has 1 aromatic carbocycles. The minimum atomic E-state index is -0.500. The number of amides is 2. The van der Waals surface area contributed by atoms with E-state index in [0.717, 1.165) is 0 Å². The summed E-state index contributed by atoms with van der Waals surface area (Å²) in [4.78, 5) is 19.8. The Morgan fingerprint density at radius 2 is 1.96 bits per heavy atom. The predicted octanol–water partition coefficient (Wildman–Crippen LogP) is 1.87. The molecule has 0 radical (unpaired) electrons. The normalized spacial score (nSPS) is 9.96. The fourth-order valence-electron chi connectivity index (χ4n) is 1.79. The quantitative estimate of drug-likeness (QED) is 0.668. The molecule has 0 saturated heterocycles. The molecule has 0 aliphatic rings. The first-order valence-corrected chi connectivity index (χ1v) is 7.12. The Hall–Kier alpha value is -3.10. The van der Waals surface area contributed by atoms with Crippen molar-refractivity contribution >= 4 is 17.5 Å². The summed E-state index contributed by atoms with van der Waals surface area (Å²) in [5.41, 5.74) is 0.119. The zero-order valence-corrected chi connectivity index (χ0v) is 13.3. The summed E-state index contributed by atoms with van der Waals surface area (Å²) in [6.45, 7) is 0.697. The minimum Gasteiger partial charge on any atom is -0.481 e. The van der Waals surface area contributed by atoms with E-state index >= 15 is 0 Å². The number of para-hydroxylation sites is 1. The van der Waals surface area contributed by atoms with Crippen molar-refractivity contribution in [2.45, 2.75) is 0 Å². The van der Waals surface area contributed by atoms with Crippen LogP contribution < -0.4 is 25.4 Å². The number of hydrogen-bond donors (Lipinski definition) is 3. The molecule has 2 rings (SSSR count). The van der Waals surface area contributed by atoms with Crippen LogP contribution in [0.25, 0.3) is 0 Å². The molecule has 128 valence electrons. The number of rotatable bonds is 7. The highest BCUT2D eigenvalue weighted by molar-refractivity contribution is 5.89. The molecule has 8 nitrogen and oxygen atoms in total. The molecule has 0 saturated carbocycles. The number of carbonyl (C=O) groups excluding carboxylic acids is 1. The van der Waals surface area contributed by atoms with Gasteiger partial charge in [-0.1, -0.05) is 12.1 Å². The van der Waals surface area contributed by atoms with Crippen molar-refractivity contribution in [2.75, 3.05) is 37.9 Å². The topological polar surface area (TPSA) is 97.4 Å². The van der Waals surface area contributed by atoms with Gasteiger partial charge in [-0.3, -0.25) is 0 Å². The molecule has 0 atom stereocenters. The number of nitrogens with zero attached hydrogens (tertiary/aromatic N) is 2. The fraction of sp³-hybridized carbons (Fsp3) is 0.267. The number of aromatic nitrogens is 2. The van der Waals surface area contributed by atoms with E-state index in [4.69, 9.17) is 9.47 Å². The monoisotopic (exact) mass is 335 g/mol. The second-order valence-electron chi connectivity index (χ2n) is 4.57. The molecule has 2 aromatic rings. The number of methoxy groups -OCH3 is 2. The van der Waals surface area contributed by atoms with Crippen LogP contribution in [0.1, 0.15) is 0 Å². The molecule has 0 bridgehead atoms. The maximum atomic E-state index is 13.4. The highest BCUT2D eigenvalue weighted by Gasteiger charge is 2.06. The highest BCUT2D eigenvalue weighted by atomic mass is 19.1. The van der Waals surface area contributed by atoms with Crippen LogP contribution in [0.15, 0.2) is 30.3 Å². The average Bonchev–Trinajstić information content (AvgIpc) is 2.60. The third-order valence-electron chi connectivity index (χ3n) is 2.91. The Kier molecular flexibility index (Phi) is 6.12. The Labute approximate surface area is 138 Å². The van der Waals surface area contributed by atoms with Gasteiger partial charge in [-0.15, -0.1) is 0 Å². The van der Waals surface area contributed by atoms with Crippen LogP contribution in [0.2, 0.25) is 0 Å². The van der Waals surface area contributed by atoms with E-state index < -0.39 is 11.8 Å². The van der Waals surface area contributed by atoms with Gasteiger partial charge in [-0.2, -0.15) is 9.97 Å². The smallest absolute Gasteiger partial charge is 0.321 e. The number of ether oxygens (including phenoxy) is 2. The molecule has 0 aliphatic heterocycles. The van der Waals surface area contributed by atoms with E-state index in [9.17, 15) is 9.18 Å². The van der Waals surface area contributed by atoms with Gasteiger partial charge in [0.25, 0.3) is 0 Å². The number of nitrogens with one attached hydrogen (secondary N) is 3. The number of urea groups is 1. The van der Waals surface area contributed by atoms with Gasteiger partial charge in [0.1, 0.15) is 11.6 Å². The molecule has 0 aliphatic carbocycles. The molecule has 0 fully saturated rings. The zero-order valence-electron chi connectivity index (χ0n) is 13.3. The van der Waals surface area contributed by atoms with Crippen molar-refractivity contribution in [3.05, 3.63) is 36.1 Å². The van der Waals surface area contributed by atoms with Crippen LogP contribution in [0, 0.1) is 5.82 Å². The molecule has 3 N–H and O–H groups in total. The molecule has 9 heteroatoms. The van der Waals surface area contributed by atoms with Crippen molar-refractivity contribution in [1.29, 1.82) is 0 Å². The van der Waals surface area contributed by atoms with E-state index in [0.29, 0.717) is 24.8 Å². The van der Waals surface area contributed by atoms with Gasteiger partial charge in [0.05, 0.1) is 19.9 Å². The molecule has 1 aromatic heterocycles. The Bertz CT molecular complexity index is 676. The van der Waals surface area contributed by atoms with E-state index in [2.05, 4.69) is 25.9 Å². The van der Waals surface area contributed by atoms with Gasteiger partial charge in [0.15, 0.2) is 0 Å². The molecule has 0 unspecified atom stereocenters. The average molecular weight is 335 g/mol. The maximum absolute atomic E-state index is 13.4. The Balaban J connectivity index is 1.78. The summed E-state index contributed by atoms with van der Waals surface area (Å²) in [6.07, 6.45) is 0. The van der Waals surface area contributed by atoms with Gasteiger partial charge < -0.3 is 25.4 Å². The predicted molar refractivity (Wildman–Crippen MR) is 87.0 cm³/mol. The summed E-state index contributed by atoms with van der Waals surface area (Å²) >= 11 is 0. The van der Waals surface area contributed by atoms with Gasteiger partial charge in [-0.05, 0) is 12.1 Å². The van der Waals surface area contributed by atoms with Gasteiger partial charge >= 0.3 is 12.0 Å². The first kappa shape index (κ1) is 17.3. The molecule has 24 heavy (non-hydrogen) atoms. The minimum absolute atomic E-state index is 0.119. The number of hydrogen-bond acceptors (Lipinski definition) is 6. The highest BCUT2D eigenvalue weighted by Crippen LogP contribution is 2.16. The van der Waals surface area contributed by atoms with Gasteiger partial charge in [0, 0.05) is 19.2 Å². The van der Waals surface area contributed by atoms with Gasteiger partial charge in [-0.25, -0.2) is 9.18 Å². The molecule has 1 heterocycles. The summed E-state index contributed by atoms with van der Waals surface area (Å²) in [5.74, 6) is 0.357. The first-order valence-electron chi connectivity index (χ1n) is 7.12. The second-order valence-corrected chi connectivity index (χ2v) is 4.57. The summed E-state index contributed by atoms with van der Waals surface area (Å²) < 4.78 is 23.4. The zero-order chi connectivity index (χ0) is 17.4. The summed E-state index contributed by atoms with van der Waals surface area (Å²) in [6, 6.07) is 7.20. The lowest BCUT2D eigenvalue weighted by Gasteiger charge is -2.10. The van der Waals surface area contributed by atoms with Crippen molar-refractivity contribution in [1.82, 2.24) is 15.3 Å². The molecular formula is C15H18FN5O3. The third-order valence-corrected chi connectivity index (χ3v) is 2.91. The second kappa shape index (κ2) is 8.51. The Morgan fingerprint density at radius 3 is 2.67 bits per heavy atom. The largest absolute Gasteiger partial charge is 0.481 e.